The van der Waals surface area contributed by atoms with Gasteiger partial charge in [0.05, 0.1) is 0 Å². The van der Waals surface area contributed by atoms with Crippen molar-refractivity contribution in [2.45, 2.75) is 39.7 Å². The highest BCUT2D eigenvalue weighted by Crippen LogP contribution is 2.12. The lowest BCUT2D eigenvalue weighted by Crippen LogP contribution is -2.25. The highest BCUT2D eigenvalue weighted by Gasteiger charge is 2.09. The molecule has 1 rings (SSSR count). The molecule has 0 bridgehead atoms. The molecule has 0 aliphatic heterocycles. The molecule has 1 aromatic rings. The fraction of sp³-hybridized carbons (Fsp3) is 0.600. The summed E-state index contributed by atoms with van der Waals surface area (Å²) in [6, 6.07) is 1.55. The van der Waals surface area contributed by atoms with E-state index in [1.807, 2.05) is 6.92 Å². The predicted molar refractivity (Wildman–Crippen MR) is 57.9 cm³/mol. The van der Waals surface area contributed by atoms with E-state index in [1.54, 1.807) is 11.5 Å². The van der Waals surface area contributed by atoms with Crippen LogP contribution in [0.25, 0.3) is 0 Å². The smallest absolute Gasteiger partial charge is 0.255 e. The van der Waals surface area contributed by atoms with Crippen molar-refractivity contribution in [2.24, 2.45) is 0 Å². The minimum atomic E-state index is -0.0662. The maximum Gasteiger partial charge on any atom is 0.255 e. The average Bonchev–Trinajstić information content (AvgIpc) is 2.01. The molecule has 0 N–H and O–H groups in total. The van der Waals surface area contributed by atoms with Crippen LogP contribution in [0.5, 0.6) is 0 Å². The number of halogens is 1. The zero-order valence-electron chi connectivity index (χ0n) is 8.75. The third kappa shape index (κ3) is 2.35. The Labute approximate surface area is 88.7 Å². The molecule has 0 radical (unpaired) electrons. The largest absolute Gasteiger partial charge is 0.294 e. The van der Waals surface area contributed by atoms with E-state index in [4.69, 9.17) is 11.6 Å². The predicted octanol–water partition coefficient (Wildman–Crippen LogP) is 2.57. The van der Waals surface area contributed by atoms with Crippen LogP contribution in [0.3, 0.4) is 0 Å². The third-order valence-corrected chi connectivity index (χ3v) is 2.44. The van der Waals surface area contributed by atoms with E-state index >= 15 is 0 Å². The van der Waals surface area contributed by atoms with Gasteiger partial charge in [-0.25, -0.2) is 4.98 Å². The van der Waals surface area contributed by atoms with E-state index in [0.717, 1.165) is 12.8 Å². The van der Waals surface area contributed by atoms with Crippen molar-refractivity contribution in [3.8, 4) is 0 Å². The van der Waals surface area contributed by atoms with Crippen molar-refractivity contribution in [1.29, 1.82) is 0 Å². The number of aromatic nitrogens is 2. The van der Waals surface area contributed by atoms with Crippen molar-refractivity contribution in [3.05, 3.63) is 27.4 Å². The van der Waals surface area contributed by atoms with E-state index in [-0.39, 0.29) is 16.8 Å². The molecule has 0 saturated carbocycles. The molecule has 0 spiro atoms. The number of nitrogens with zero attached hydrogens (tertiary/aromatic N) is 2. The quantitative estimate of drug-likeness (QED) is 0.725. The van der Waals surface area contributed by atoms with Crippen LogP contribution < -0.4 is 5.56 Å². The molecule has 1 aromatic heterocycles. The first-order valence-electron chi connectivity index (χ1n) is 4.82. The van der Waals surface area contributed by atoms with Crippen LogP contribution in [0.4, 0.5) is 0 Å². The lowest BCUT2D eigenvalue weighted by atomic mass is 10.2. The monoisotopic (exact) mass is 214 g/mol. The minimum Gasteiger partial charge on any atom is -0.294 e. The lowest BCUT2D eigenvalue weighted by Gasteiger charge is -2.16. The summed E-state index contributed by atoms with van der Waals surface area (Å²) >= 11 is 5.68. The summed E-state index contributed by atoms with van der Waals surface area (Å²) < 4.78 is 1.69. The maximum atomic E-state index is 11.6. The van der Waals surface area contributed by atoms with Gasteiger partial charge in [0.15, 0.2) is 0 Å². The van der Waals surface area contributed by atoms with Gasteiger partial charge in [-0.1, -0.05) is 24.9 Å². The lowest BCUT2D eigenvalue weighted by molar-refractivity contribution is 0.468. The van der Waals surface area contributed by atoms with Crippen LogP contribution in [-0.2, 0) is 0 Å². The molecular formula is C10H15ClN2O. The van der Waals surface area contributed by atoms with Crippen molar-refractivity contribution in [2.75, 3.05) is 0 Å². The molecule has 0 aromatic carbocycles. The summed E-state index contributed by atoms with van der Waals surface area (Å²) in [5.74, 6) is 0.684. The van der Waals surface area contributed by atoms with Gasteiger partial charge in [0.2, 0.25) is 0 Å². The Balaban J connectivity index is 3.14. The van der Waals surface area contributed by atoms with Gasteiger partial charge in [0.1, 0.15) is 11.0 Å². The summed E-state index contributed by atoms with van der Waals surface area (Å²) in [4.78, 5) is 15.7. The van der Waals surface area contributed by atoms with Crippen LogP contribution in [-0.4, -0.2) is 9.55 Å². The normalized spacial score (nSPS) is 12.9. The minimum absolute atomic E-state index is 0.0662. The van der Waals surface area contributed by atoms with Crippen LogP contribution in [0, 0.1) is 6.92 Å². The molecule has 14 heavy (non-hydrogen) atoms. The molecule has 0 aliphatic carbocycles. The Kier molecular flexibility index (Phi) is 3.69. The number of rotatable bonds is 3. The SMILES string of the molecule is CCCC(C)n1c(C)nc(Cl)cc1=O. The highest BCUT2D eigenvalue weighted by molar-refractivity contribution is 6.29. The van der Waals surface area contributed by atoms with Gasteiger partial charge in [0.25, 0.3) is 5.56 Å². The zero-order chi connectivity index (χ0) is 10.7. The van der Waals surface area contributed by atoms with Crippen LogP contribution >= 0.6 is 11.6 Å². The van der Waals surface area contributed by atoms with Gasteiger partial charge in [0, 0.05) is 12.1 Å². The first-order chi connectivity index (χ1) is 6.56. The van der Waals surface area contributed by atoms with E-state index in [2.05, 4.69) is 11.9 Å². The Morgan fingerprint density at radius 1 is 1.64 bits per heavy atom. The number of hydrogen-bond donors (Lipinski definition) is 0. The molecular weight excluding hydrogens is 200 g/mol. The summed E-state index contributed by atoms with van der Waals surface area (Å²) in [6.07, 6.45) is 2.03. The topological polar surface area (TPSA) is 34.9 Å². The van der Waals surface area contributed by atoms with E-state index in [1.165, 1.54) is 6.07 Å². The van der Waals surface area contributed by atoms with Gasteiger partial charge in [-0.15, -0.1) is 0 Å². The molecule has 1 atom stereocenters. The fourth-order valence-electron chi connectivity index (χ4n) is 1.65. The Bertz CT molecular complexity index is 373. The Morgan fingerprint density at radius 3 is 2.79 bits per heavy atom. The molecule has 0 saturated heterocycles. The second-order valence-corrected chi connectivity index (χ2v) is 3.86. The molecule has 1 heterocycles. The average molecular weight is 215 g/mol. The summed E-state index contributed by atoms with van der Waals surface area (Å²) in [5, 5.41) is 0.271. The van der Waals surface area contributed by atoms with Crippen LogP contribution in [0.15, 0.2) is 10.9 Å². The maximum absolute atomic E-state index is 11.6. The molecule has 0 amide bonds. The molecule has 1 unspecified atom stereocenters. The van der Waals surface area contributed by atoms with Gasteiger partial charge >= 0.3 is 0 Å². The number of aryl methyl sites for hydroxylation is 1. The molecule has 0 aliphatic rings. The van der Waals surface area contributed by atoms with Crippen molar-refractivity contribution in [1.82, 2.24) is 9.55 Å². The Hall–Kier alpha value is -0.830. The Morgan fingerprint density at radius 2 is 2.29 bits per heavy atom. The molecule has 0 fully saturated rings. The second kappa shape index (κ2) is 4.60. The molecule has 78 valence electrons. The van der Waals surface area contributed by atoms with Crippen LogP contribution in [0.2, 0.25) is 5.15 Å². The highest BCUT2D eigenvalue weighted by atomic mass is 35.5. The fourth-order valence-corrected chi connectivity index (χ4v) is 1.87. The zero-order valence-corrected chi connectivity index (χ0v) is 9.51. The second-order valence-electron chi connectivity index (χ2n) is 3.47. The number of hydrogen-bond acceptors (Lipinski definition) is 2. The summed E-state index contributed by atoms with van der Waals surface area (Å²) in [6.45, 7) is 5.92. The standard InChI is InChI=1S/C10H15ClN2O/c1-4-5-7(2)13-8(3)12-9(11)6-10(13)14/h6-7H,4-5H2,1-3H3. The van der Waals surface area contributed by atoms with Crippen molar-refractivity contribution >= 4 is 11.6 Å². The first-order valence-corrected chi connectivity index (χ1v) is 5.19. The third-order valence-electron chi connectivity index (χ3n) is 2.24. The van der Waals surface area contributed by atoms with E-state index in [9.17, 15) is 4.79 Å². The molecule has 3 nitrogen and oxygen atoms in total. The van der Waals surface area contributed by atoms with Gasteiger partial charge in [-0.2, -0.15) is 0 Å². The van der Waals surface area contributed by atoms with Crippen LogP contribution in [0.1, 0.15) is 38.6 Å². The molecule has 4 heteroatoms. The van der Waals surface area contributed by atoms with Gasteiger partial charge in [-0.3, -0.25) is 9.36 Å². The summed E-state index contributed by atoms with van der Waals surface area (Å²) in [5.41, 5.74) is -0.0662. The van der Waals surface area contributed by atoms with Crippen molar-refractivity contribution in [3.63, 3.8) is 0 Å². The van der Waals surface area contributed by atoms with Gasteiger partial charge < -0.3 is 0 Å². The van der Waals surface area contributed by atoms with Gasteiger partial charge in [-0.05, 0) is 20.3 Å². The summed E-state index contributed by atoms with van der Waals surface area (Å²) in [7, 11) is 0. The van der Waals surface area contributed by atoms with E-state index < -0.39 is 0 Å². The van der Waals surface area contributed by atoms with E-state index in [0.29, 0.717) is 5.82 Å². The van der Waals surface area contributed by atoms with Crippen molar-refractivity contribution < 1.29 is 0 Å². The first kappa shape index (κ1) is 11.2.